The van der Waals surface area contributed by atoms with Crippen LogP contribution < -0.4 is 15.0 Å². The fourth-order valence-corrected chi connectivity index (χ4v) is 2.97. The predicted octanol–water partition coefficient (Wildman–Crippen LogP) is 2.51. The predicted molar refractivity (Wildman–Crippen MR) is 99.4 cm³/mol. The average Bonchev–Trinajstić information content (AvgIpc) is 3.07. The molecular weight excluding hydrogens is 386 g/mol. The summed E-state index contributed by atoms with van der Waals surface area (Å²) < 4.78 is 36.4. The maximum Gasteiger partial charge on any atom is 0.311 e. The molecule has 152 valence electrons. The zero-order valence-electron chi connectivity index (χ0n) is 15.5. The van der Waals surface area contributed by atoms with Crippen LogP contribution in [0.25, 0.3) is 0 Å². The van der Waals surface area contributed by atoms with Gasteiger partial charge in [-0.25, -0.2) is 8.78 Å². The van der Waals surface area contributed by atoms with Crippen molar-refractivity contribution in [3.8, 4) is 5.75 Å². The molecule has 2 amide bonds. The Hall–Kier alpha value is -3.49. The number of anilines is 2. The third-order valence-corrected chi connectivity index (χ3v) is 4.32. The molecule has 0 radical (unpaired) electrons. The van der Waals surface area contributed by atoms with Crippen LogP contribution in [0, 0.1) is 17.6 Å². The van der Waals surface area contributed by atoms with Gasteiger partial charge in [-0.05, 0) is 24.3 Å². The Kier molecular flexibility index (Phi) is 6.06. The van der Waals surface area contributed by atoms with E-state index in [4.69, 9.17) is 9.47 Å². The number of nitrogens with zero attached hydrogens (tertiary/aromatic N) is 1. The number of amides is 2. The number of esters is 1. The Bertz CT molecular complexity index is 930. The number of nitrogens with one attached hydrogen (secondary N) is 1. The van der Waals surface area contributed by atoms with E-state index in [1.807, 2.05) is 0 Å². The number of carbonyl (C=O) groups is 3. The lowest BCUT2D eigenvalue weighted by Gasteiger charge is -2.17. The van der Waals surface area contributed by atoms with Gasteiger partial charge in [-0.1, -0.05) is 6.07 Å². The summed E-state index contributed by atoms with van der Waals surface area (Å²) in [5.74, 6) is -3.56. The van der Waals surface area contributed by atoms with Crippen molar-refractivity contribution in [2.75, 3.05) is 30.5 Å². The van der Waals surface area contributed by atoms with E-state index in [0.29, 0.717) is 17.5 Å². The molecule has 0 aromatic heterocycles. The molecule has 9 heteroatoms. The van der Waals surface area contributed by atoms with Gasteiger partial charge in [-0.3, -0.25) is 14.4 Å². The number of ether oxygens (including phenoxy) is 2. The Labute approximate surface area is 165 Å². The molecule has 1 fully saturated rings. The number of rotatable bonds is 6. The minimum atomic E-state index is -0.848. The van der Waals surface area contributed by atoms with E-state index < -0.39 is 36.0 Å². The van der Waals surface area contributed by atoms with Crippen LogP contribution in [0.4, 0.5) is 20.2 Å². The highest BCUT2D eigenvalue weighted by atomic mass is 19.1. The number of hydrogen-bond acceptors (Lipinski definition) is 5. The first kappa shape index (κ1) is 20.2. The van der Waals surface area contributed by atoms with Crippen molar-refractivity contribution in [3.05, 3.63) is 54.1 Å². The van der Waals surface area contributed by atoms with Crippen molar-refractivity contribution in [1.82, 2.24) is 0 Å². The van der Waals surface area contributed by atoms with Gasteiger partial charge in [0, 0.05) is 36.5 Å². The molecule has 1 heterocycles. The van der Waals surface area contributed by atoms with E-state index in [-0.39, 0.29) is 24.6 Å². The summed E-state index contributed by atoms with van der Waals surface area (Å²) >= 11 is 0. The minimum absolute atomic E-state index is 0.0488. The van der Waals surface area contributed by atoms with E-state index in [1.165, 1.54) is 12.0 Å². The summed E-state index contributed by atoms with van der Waals surface area (Å²) in [4.78, 5) is 37.8. The maximum absolute atomic E-state index is 13.1. The van der Waals surface area contributed by atoms with Crippen molar-refractivity contribution in [2.45, 2.75) is 6.42 Å². The second-order valence-electron chi connectivity index (χ2n) is 6.42. The number of hydrogen-bond donors (Lipinski definition) is 1. The van der Waals surface area contributed by atoms with Gasteiger partial charge in [-0.15, -0.1) is 0 Å². The van der Waals surface area contributed by atoms with Gasteiger partial charge in [0.2, 0.25) is 5.91 Å². The number of halogens is 2. The Morgan fingerprint density at radius 1 is 1.17 bits per heavy atom. The molecule has 0 saturated carbocycles. The molecule has 2 aromatic rings. The average molecular weight is 404 g/mol. The highest BCUT2D eigenvalue weighted by Crippen LogP contribution is 2.28. The summed E-state index contributed by atoms with van der Waals surface area (Å²) in [6, 6.07) is 9.40. The van der Waals surface area contributed by atoms with Crippen LogP contribution in [0.3, 0.4) is 0 Å². The molecule has 2 aromatic carbocycles. The van der Waals surface area contributed by atoms with E-state index in [2.05, 4.69) is 5.32 Å². The molecule has 1 N–H and O–H groups in total. The van der Waals surface area contributed by atoms with Crippen LogP contribution in [-0.4, -0.2) is 38.0 Å². The zero-order valence-corrected chi connectivity index (χ0v) is 15.5. The Morgan fingerprint density at radius 2 is 1.90 bits per heavy atom. The van der Waals surface area contributed by atoms with Crippen molar-refractivity contribution in [3.63, 3.8) is 0 Å². The van der Waals surface area contributed by atoms with Gasteiger partial charge in [0.1, 0.15) is 17.4 Å². The van der Waals surface area contributed by atoms with E-state index >= 15 is 0 Å². The topological polar surface area (TPSA) is 84.9 Å². The smallest absolute Gasteiger partial charge is 0.311 e. The molecule has 1 atom stereocenters. The van der Waals surface area contributed by atoms with Gasteiger partial charge in [0.15, 0.2) is 6.61 Å². The summed E-state index contributed by atoms with van der Waals surface area (Å²) in [7, 11) is 1.51. The molecule has 1 unspecified atom stereocenters. The van der Waals surface area contributed by atoms with Gasteiger partial charge in [0.25, 0.3) is 5.91 Å². The normalized spacial score (nSPS) is 15.9. The van der Waals surface area contributed by atoms with Crippen molar-refractivity contribution in [2.24, 2.45) is 5.92 Å². The molecule has 0 aliphatic carbocycles. The van der Waals surface area contributed by atoms with Gasteiger partial charge < -0.3 is 19.7 Å². The molecule has 1 aliphatic heterocycles. The Balaban J connectivity index is 1.54. The van der Waals surface area contributed by atoms with Crippen LogP contribution in [0.1, 0.15) is 6.42 Å². The first-order valence-corrected chi connectivity index (χ1v) is 8.72. The molecule has 1 saturated heterocycles. The quantitative estimate of drug-likeness (QED) is 0.748. The summed E-state index contributed by atoms with van der Waals surface area (Å²) in [5, 5.41) is 2.24. The largest absolute Gasteiger partial charge is 0.497 e. The van der Waals surface area contributed by atoms with Crippen molar-refractivity contribution in [1.29, 1.82) is 0 Å². The van der Waals surface area contributed by atoms with Crippen LogP contribution in [0.5, 0.6) is 5.75 Å². The number of benzene rings is 2. The first-order valence-electron chi connectivity index (χ1n) is 8.72. The molecule has 0 bridgehead atoms. The molecular formula is C20H18F2N2O5. The van der Waals surface area contributed by atoms with Crippen LogP contribution in [0.2, 0.25) is 0 Å². The monoisotopic (exact) mass is 404 g/mol. The molecule has 7 nitrogen and oxygen atoms in total. The highest BCUT2D eigenvalue weighted by molar-refractivity contribution is 6.00. The first-order chi connectivity index (χ1) is 13.9. The lowest BCUT2D eigenvalue weighted by molar-refractivity contribution is -0.151. The molecule has 29 heavy (non-hydrogen) atoms. The van der Waals surface area contributed by atoms with E-state index in [9.17, 15) is 23.2 Å². The van der Waals surface area contributed by atoms with Crippen LogP contribution in [-0.2, 0) is 19.1 Å². The summed E-state index contributed by atoms with van der Waals surface area (Å²) in [6.45, 7) is -0.525. The second kappa shape index (κ2) is 8.68. The standard InChI is InChI=1S/C20H18F2N2O5/c1-28-17-4-2-3-16(9-17)24-10-12(5-19(24)26)20(27)29-11-18(25)23-15-7-13(21)6-14(22)8-15/h2-4,6-9,12H,5,10-11H2,1H3,(H,23,25). The lowest BCUT2D eigenvalue weighted by atomic mass is 10.1. The summed E-state index contributed by atoms with van der Waals surface area (Å²) in [6.07, 6.45) is -0.0488. The van der Waals surface area contributed by atoms with Gasteiger partial charge >= 0.3 is 5.97 Å². The minimum Gasteiger partial charge on any atom is -0.497 e. The third kappa shape index (κ3) is 5.07. The number of carbonyl (C=O) groups excluding carboxylic acids is 3. The van der Waals surface area contributed by atoms with E-state index in [1.54, 1.807) is 24.3 Å². The van der Waals surface area contributed by atoms with Gasteiger partial charge in [-0.2, -0.15) is 0 Å². The van der Waals surface area contributed by atoms with Crippen molar-refractivity contribution >= 4 is 29.2 Å². The fourth-order valence-electron chi connectivity index (χ4n) is 2.97. The second-order valence-corrected chi connectivity index (χ2v) is 6.42. The highest BCUT2D eigenvalue weighted by Gasteiger charge is 2.36. The molecule has 3 rings (SSSR count). The zero-order chi connectivity index (χ0) is 21.0. The lowest BCUT2D eigenvalue weighted by Crippen LogP contribution is -2.28. The molecule has 0 spiro atoms. The van der Waals surface area contributed by atoms with Crippen molar-refractivity contribution < 1.29 is 32.6 Å². The third-order valence-electron chi connectivity index (χ3n) is 4.32. The number of methoxy groups -OCH3 is 1. The molecule has 1 aliphatic rings. The summed E-state index contributed by atoms with van der Waals surface area (Å²) in [5.41, 5.74) is 0.499. The Morgan fingerprint density at radius 3 is 2.59 bits per heavy atom. The van der Waals surface area contributed by atoms with Crippen LogP contribution >= 0.6 is 0 Å². The maximum atomic E-state index is 13.1. The van der Waals surface area contributed by atoms with Gasteiger partial charge in [0.05, 0.1) is 13.0 Å². The fraction of sp³-hybridized carbons (Fsp3) is 0.250. The van der Waals surface area contributed by atoms with E-state index in [0.717, 1.165) is 12.1 Å². The van der Waals surface area contributed by atoms with Crippen LogP contribution in [0.15, 0.2) is 42.5 Å². The SMILES string of the molecule is COc1cccc(N2CC(C(=O)OCC(=O)Nc3cc(F)cc(F)c3)CC2=O)c1.